The minimum Gasteiger partial charge on any atom is -0.468 e. The summed E-state index contributed by atoms with van der Waals surface area (Å²) in [5.74, 6) is 0.654. The fourth-order valence-electron chi connectivity index (χ4n) is 2.44. The Hall–Kier alpha value is -1.89. The van der Waals surface area contributed by atoms with Crippen molar-refractivity contribution >= 4 is 23.0 Å². The lowest BCUT2D eigenvalue weighted by Gasteiger charge is -2.45. The second-order valence-electron chi connectivity index (χ2n) is 4.67. The van der Waals surface area contributed by atoms with Gasteiger partial charge in [0.15, 0.2) is 10.8 Å². The summed E-state index contributed by atoms with van der Waals surface area (Å²) in [6.45, 7) is 1.91. The predicted octanol–water partition coefficient (Wildman–Crippen LogP) is 1.61. The van der Waals surface area contributed by atoms with Gasteiger partial charge in [-0.3, -0.25) is 10.1 Å². The largest absolute Gasteiger partial charge is 0.468 e. The van der Waals surface area contributed by atoms with Gasteiger partial charge in [-0.25, -0.2) is 0 Å². The van der Waals surface area contributed by atoms with Crippen molar-refractivity contribution in [2.24, 2.45) is 0 Å². The van der Waals surface area contributed by atoms with Crippen molar-refractivity contribution in [2.45, 2.75) is 25.1 Å². The third-order valence-electron chi connectivity index (χ3n) is 3.19. The topological polar surface area (TPSA) is 76.4 Å². The van der Waals surface area contributed by atoms with Crippen LogP contribution in [0.2, 0.25) is 0 Å². The molecular formula is C11H11N3O3S. The molecule has 18 heavy (non-hydrogen) atoms. The van der Waals surface area contributed by atoms with Crippen molar-refractivity contribution in [3.8, 4) is 5.75 Å². The van der Waals surface area contributed by atoms with E-state index in [9.17, 15) is 10.1 Å². The van der Waals surface area contributed by atoms with E-state index in [-0.39, 0.29) is 11.7 Å². The molecule has 0 saturated carbocycles. The highest BCUT2D eigenvalue weighted by Crippen LogP contribution is 2.41. The fourth-order valence-corrected chi connectivity index (χ4v) is 2.80. The number of fused-ring (bicyclic) bond motifs is 4. The zero-order valence-corrected chi connectivity index (χ0v) is 10.4. The van der Waals surface area contributed by atoms with Crippen LogP contribution in [0.3, 0.4) is 0 Å². The van der Waals surface area contributed by atoms with Crippen molar-refractivity contribution in [3.63, 3.8) is 0 Å². The van der Waals surface area contributed by atoms with Gasteiger partial charge in [0, 0.05) is 24.1 Å². The number of rotatable bonds is 1. The lowest BCUT2D eigenvalue weighted by molar-refractivity contribution is -0.385. The molecule has 1 fully saturated rings. The number of ether oxygens (including phenoxy) is 1. The Kier molecular flexibility index (Phi) is 2.21. The normalized spacial score (nSPS) is 28.5. The summed E-state index contributed by atoms with van der Waals surface area (Å²) < 4.78 is 5.83. The van der Waals surface area contributed by atoms with E-state index in [1.807, 2.05) is 6.92 Å². The number of nitro groups is 1. The zero-order valence-electron chi connectivity index (χ0n) is 9.60. The quantitative estimate of drug-likeness (QED) is 0.456. The molecule has 2 bridgehead atoms. The van der Waals surface area contributed by atoms with Crippen LogP contribution in [0.5, 0.6) is 5.75 Å². The second-order valence-corrected chi connectivity index (χ2v) is 5.08. The van der Waals surface area contributed by atoms with Crippen LogP contribution in [0.15, 0.2) is 18.2 Å². The molecule has 2 N–H and O–H groups in total. The summed E-state index contributed by atoms with van der Waals surface area (Å²) in [6.07, 6.45) is 0.668. The molecule has 94 valence electrons. The molecule has 2 heterocycles. The summed E-state index contributed by atoms with van der Waals surface area (Å²) in [6, 6.07) is 4.57. The molecule has 1 aromatic rings. The highest BCUT2D eigenvalue weighted by atomic mass is 32.1. The number of hydrogen-bond acceptors (Lipinski definition) is 4. The Labute approximate surface area is 108 Å². The summed E-state index contributed by atoms with van der Waals surface area (Å²) in [4.78, 5) is 10.4. The third-order valence-corrected chi connectivity index (χ3v) is 3.41. The Balaban J connectivity index is 2.08. The number of nitro benzene ring substituents is 1. The summed E-state index contributed by atoms with van der Waals surface area (Å²) >= 11 is 5.11. The highest BCUT2D eigenvalue weighted by molar-refractivity contribution is 7.80. The minimum absolute atomic E-state index is 0.0487. The molecule has 0 amide bonds. The van der Waals surface area contributed by atoms with Gasteiger partial charge in [-0.2, -0.15) is 0 Å². The van der Waals surface area contributed by atoms with Gasteiger partial charge >= 0.3 is 0 Å². The summed E-state index contributed by atoms with van der Waals surface area (Å²) in [7, 11) is 0. The molecule has 2 aliphatic heterocycles. The number of non-ortho nitro benzene ring substituents is 1. The number of benzene rings is 1. The first-order valence-electron chi connectivity index (χ1n) is 5.53. The van der Waals surface area contributed by atoms with Crippen LogP contribution in [-0.4, -0.2) is 15.8 Å². The summed E-state index contributed by atoms with van der Waals surface area (Å²) in [5.41, 5.74) is 0.300. The van der Waals surface area contributed by atoms with Crippen LogP contribution in [0.4, 0.5) is 5.69 Å². The highest BCUT2D eigenvalue weighted by Gasteiger charge is 2.42. The summed E-state index contributed by atoms with van der Waals surface area (Å²) in [5, 5.41) is 17.5. The van der Waals surface area contributed by atoms with Crippen LogP contribution >= 0.6 is 12.2 Å². The minimum atomic E-state index is -0.546. The molecule has 3 rings (SSSR count). The van der Waals surface area contributed by atoms with Crippen LogP contribution in [0.1, 0.15) is 24.9 Å². The third kappa shape index (κ3) is 1.67. The van der Waals surface area contributed by atoms with E-state index < -0.39 is 10.6 Å². The Morgan fingerprint density at radius 3 is 3.11 bits per heavy atom. The van der Waals surface area contributed by atoms with E-state index in [1.165, 1.54) is 6.07 Å². The van der Waals surface area contributed by atoms with Crippen molar-refractivity contribution in [3.05, 3.63) is 33.9 Å². The van der Waals surface area contributed by atoms with Gasteiger partial charge in [-0.1, -0.05) is 0 Å². The molecule has 1 aromatic carbocycles. The molecule has 2 aliphatic rings. The van der Waals surface area contributed by atoms with Gasteiger partial charge in [-0.15, -0.1) is 0 Å². The standard InChI is InChI=1S/C11H11N3O3S/c1-11-5-8(12-10(18)13-11)7-4-6(14(15)16)2-3-9(7)17-11/h2-4,8H,5H2,1H3,(H2,12,13,18)/t8-,11+/m1/s1. The van der Waals surface area contributed by atoms with E-state index in [1.54, 1.807) is 12.1 Å². The molecule has 1 saturated heterocycles. The molecule has 2 atom stereocenters. The first-order chi connectivity index (χ1) is 8.47. The Morgan fingerprint density at radius 2 is 2.39 bits per heavy atom. The average Bonchev–Trinajstić information content (AvgIpc) is 2.26. The molecule has 0 radical (unpaired) electrons. The lowest BCUT2D eigenvalue weighted by Crippen LogP contribution is -2.62. The SMILES string of the molecule is C[C@]12C[C@@H](NC(=S)N1)c1cc([N+](=O)[O-])ccc1O2. The van der Waals surface area contributed by atoms with Gasteiger partial charge in [0.1, 0.15) is 5.75 Å². The van der Waals surface area contributed by atoms with Gasteiger partial charge in [0.2, 0.25) is 0 Å². The number of thiocarbonyl (C=S) groups is 1. The molecule has 6 nitrogen and oxygen atoms in total. The van der Waals surface area contributed by atoms with E-state index >= 15 is 0 Å². The molecule has 7 heteroatoms. The zero-order chi connectivity index (χ0) is 12.9. The lowest BCUT2D eigenvalue weighted by atomic mass is 9.91. The Bertz CT molecular complexity index is 562. The van der Waals surface area contributed by atoms with Crippen LogP contribution in [0, 0.1) is 10.1 Å². The maximum Gasteiger partial charge on any atom is 0.270 e. The Morgan fingerprint density at radius 1 is 1.61 bits per heavy atom. The van der Waals surface area contributed by atoms with Gasteiger partial charge in [-0.05, 0) is 25.2 Å². The number of nitrogens with one attached hydrogen (secondary N) is 2. The van der Waals surface area contributed by atoms with E-state index in [0.29, 0.717) is 17.3 Å². The van der Waals surface area contributed by atoms with Crippen molar-refractivity contribution < 1.29 is 9.66 Å². The fraction of sp³-hybridized carbons (Fsp3) is 0.364. The first kappa shape index (κ1) is 11.2. The number of nitrogens with zero attached hydrogens (tertiary/aromatic N) is 1. The average molecular weight is 265 g/mol. The molecule has 0 aromatic heterocycles. The molecule has 0 spiro atoms. The van der Waals surface area contributed by atoms with Crippen LogP contribution in [0.25, 0.3) is 0 Å². The van der Waals surface area contributed by atoms with Crippen molar-refractivity contribution in [1.82, 2.24) is 10.6 Å². The first-order valence-corrected chi connectivity index (χ1v) is 5.94. The number of hydrogen-bond donors (Lipinski definition) is 2. The predicted molar refractivity (Wildman–Crippen MR) is 68.4 cm³/mol. The van der Waals surface area contributed by atoms with Gasteiger partial charge in [0.05, 0.1) is 11.0 Å². The van der Waals surface area contributed by atoms with E-state index in [2.05, 4.69) is 10.6 Å². The van der Waals surface area contributed by atoms with E-state index in [4.69, 9.17) is 17.0 Å². The van der Waals surface area contributed by atoms with Crippen LogP contribution < -0.4 is 15.4 Å². The van der Waals surface area contributed by atoms with Crippen molar-refractivity contribution in [1.29, 1.82) is 0 Å². The molecule has 0 unspecified atom stereocenters. The maximum absolute atomic E-state index is 10.8. The molecular weight excluding hydrogens is 254 g/mol. The monoisotopic (exact) mass is 265 g/mol. The maximum atomic E-state index is 10.8. The molecule has 0 aliphatic carbocycles. The van der Waals surface area contributed by atoms with Crippen LogP contribution in [-0.2, 0) is 0 Å². The van der Waals surface area contributed by atoms with Crippen molar-refractivity contribution in [2.75, 3.05) is 0 Å². The smallest absolute Gasteiger partial charge is 0.270 e. The second kappa shape index (κ2) is 3.55. The van der Waals surface area contributed by atoms with Gasteiger partial charge in [0.25, 0.3) is 5.69 Å². The van der Waals surface area contributed by atoms with Gasteiger partial charge < -0.3 is 15.4 Å². The van der Waals surface area contributed by atoms with E-state index in [0.717, 1.165) is 5.56 Å².